The van der Waals surface area contributed by atoms with Crippen molar-refractivity contribution in [2.75, 3.05) is 0 Å². The van der Waals surface area contributed by atoms with Gasteiger partial charge in [0.15, 0.2) is 0 Å². The lowest BCUT2D eigenvalue weighted by Gasteiger charge is -2.42. The van der Waals surface area contributed by atoms with Crippen molar-refractivity contribution in [2.24, 2.45) is 0 Å². The molecule has 270 valence electrons. The predicted octanol–water partition coefficient (Wildman–Crippen LogP) is 14.7. The Kier molecular flexibility index (Phi) is 7.11. The van der Waals surface area contributed by atoms with E-state index in [1.807, 2.05) is 0 Å². The maximum atomic E-state index is 2.56. The Balaban J connectivity index is 1.26. The Hall–Kier alpha value is -6.38. The molecule has 10 aromatic rings. The van der Waals surface area contributed by atoms with Crippen LogP contribution in [0.4, 0.5) is 0 Å². The van der Waals surface area contributed by atoms with Crippen molar-refractivity contribution in [1.29, 1.82) is 0 Å². The smallest absolute Gasteiger partial charge is 0.0549 e. The topological polar surface area (TPSA) is 9.86 Å². The van der Waals surface area contributed by atoms with Crippen LogP contribution in [0.1, 0.15) is 51.7 Å². The molecule has 0 atom stereocenters. The second kappa shape index (κ2) is 12.1. The fourth-order valence-electron chi connectivity index (χ4n) is 9.91. The monoisotopic (exact) mass is 720 g/mol. The molecule has 0 saturated heterocycles. The van der Waals surface area contributed by atoms with Crippen LogP contribution in [0.2, 0.25) is 0 Å². The summed E-state index contributed by atoms with van der Waals surface area (Å²) < 4.78 is 5.04. The first-order valence-electron chi connectivity index (χ1n) is 20.1. The highest BCUT2D eigenvalue weighted by atomic mass is 15.0. The SMILES string of the molecule is CC1(C)CCC(C)(C)c2cc3c(cc21)c1cc2c(cc1n3-c1ccccc1)c1c3ccccc3ccc1n2-c1cccc(-c2ccccc2-c2ccccc2)c1. The average molecular weight is 721 g/mol. The number of hydrogen-bond acceptors (Lipinski definition) is 0. The third kappa shape index (κ3) is 4.88. The molecule has 0 bridgehead atoms. The van der Waals surface area contributed by atoms with E-state index in [2.05, 4.69) is 207 Å². The Morgan fingerprint density at radius 3 is 1.68 bits per heavy atom. The molecule has 2 aromatic heterocycles. The van der Waals surface area contributed by atoms with E-state index in [0.29, 0.717) is 0 Å². The fourth-order valence-corrected chi connectivity index (χ4v) is 9.91. The highest BCUT2D eigenvalue weighted by Gasteiger charge is 2.38. The number of benzene rings is 8. The second-order valence-electron chi connectivity index (χ2n) is 17.2. The minimum atomic E-state index is 0.106. The molecule has 2 nitrogen and oxygen atoms in total. The van der Waals surface area contributed by atoms with Crippen LogP contribution in [0.5, 0.6) is 0 Å². The molecule has 1 aliphatic carbocycles. The zero-order valence-electron chi connectivity index (χ0n) is 32.5. The molecule has 56 heavy (non-hydrogen) atoms. The Labute approximate surface area is 328 Å². The van der Waals surface area contributed by atoms with E-state index < -0.39 is 0 Å². The Morgan fingerprint density at radius 2 is 0.911 bits per heavy atom. The number of para-hydroxylation sites is 1. The van der Waals surface area contributed by atoms with E-state index in [4.69, 9.17) is 0 Å². The van der Waals surface area contributed by atoms with Crippen molar-refractivity contribution in [3.8, 4) is 33.6 Å². The average Bonchev–Trinajstić information content (AvgIpc) is 3.73. The van der Waals surface area contributed by atoms with Gasteiger partial charge in [-0.05, 0) is 122 Å². The van der Waals surface area contributed by atoms with Crippen LogP contribution in [0.15, 0.2) is 170 Å². The largest absolute Gasteiger partial charge is 0.309 e. The maximum Gasteiger partial charge on any atom is 0.0549 e. The van der Waals surface area contributed by atoms with Crippen LogP contribution >= 0.6 is 0 Å². The van der Waals surface area contributed by atoms with E-state index in [0.717, 1.165) is 5.69 Å². The molecule has 2 heterocycles. The van der Waals surface area contributed by atoms with Crippen molar-refractivity contribution < 1.29 is 0 Å². The number of nitrogens with zero attached hydrogens (tertiary/aromatic N) is 2. The molecule has 2 heteroatoms. The van der Waals surface area contributed by atoms with Crippen LogP contribution in [0.25, 0.3) is 88.0 Å². The lowest BCUT2D eigenvalue weighted by atomic mass is 9.63. The van der Waals surface area contributed by atoms with Gasteiger partial charge >= 0.3 is 0 Å². The Bertz CT molecular complexity index is 3170. The zero-order valence-corrected chi connectivity index (χ0v) is 32.5. The van der Waals surface area contributed by atoms with Crippen molar-refractivity contribution in [1.82, 2.24) is 9.13 Å². The maximum absolute atomic E-state index is 2.56. The first-order valence-corrected chi connectivity index (χ1v) is 20.1. The molecule has 0 radical (unpaired) electrons. The number of aromatic nitrogens is 2. The molecule has 0 amide bonds. The van der Waals surface area contributed by atoms with E-state index >= 15 is 0 Å². The number of rotatable bonds is 4. The van der Waals surface area contributed by atoms with Gasteiger partial charge in [0.1, 0.15) is 0 Å². The fraction of sp³-hybridized carbons (Fsp3) is 0.148. The van der Waals surface area contributed by atoms with Gasteiger partial charge in [-0.1, -0.05) is 143 Å². The molecule has 0 aliphatic heterocycles. The summed E-state index contributed by atoms with van der Waals surface area (Å²) in [5.41, 5.74) is 15.4. The van der Waals surface area contributed by atoms with Crippen LogP contribution in [-0.2, 0) is 10.8 Å². The summed E-state index contributed by atoms with van der Waals surface area (Å²) in [6.45, 7) is 9.74. The van der Waals surface area contributed by atoms with Gasteiger partial charge in [-0.3, -0.25) is 0 Å². The summed E-state index contributed by atoms with van der Waals surface area (Å²) in [7, 11) is 0. The third-order valence-electron chi connectivity index (χ3n) is 13.0. The third-order valence-corrected chi connectivity index (χ3v) is 13.0. The summed E-state index contributed by atoms with van der Waals surface area (Å²) in [6, 6.07) is 63.2. The van der Waals surface area contributed by atoms with Crippen molar-refractivity contribution in [2.45, 2.75) is 51.4 Å². The minimum absolute atomic E-state index is 0.106. The highest BCUT2D eigenvalue weighted by molar-refractivity contribution is 6.25. The zero-order chi connectivity index (χ0) is 37.8. The van der Waals surface area contributed by atoms with Crippen molar-refractivity contribution in [3.05, 3.63) is 181 Å². The molecule has 0 unspecified atom stereocenters. The first kappa shape index (κ1) is 33.0. The van der Waals surface area contributed by atoms with E-state index in [9.17, 15) is 0 Å². The number of fused-ring (bicyclic) bond motifs is 9. The summed E-state index contributed by atoms with van der Waals surface area (Å²) in [5.74, 6) is 0. The van der Waals surface area contributed by atoms with E-state index in [1.165, 1.54) is 106 Å². The van der Waals surface area contributed by atoms with Crippen molar-refractivity contribution in [3.63, 3.8) is 0 Å². The quantitative estimate of drug-likeness (QED) is 0.171. The summed E-state index contributed by atoms with van der Waals surface area (Å²) in [5, 5.41) is 7.71. The molecule has 0 fully saturated rings. The first-order chi connectivity index (χ1) is 27.3. The summed E-state index contributed by atoms with van der Waals surface area (Å²) in [6.07, 6.45) is 2.37. The van der Waals surface area contributed by atoms with E-state index in [-0.39, 0.29) is 10.8 Å². The van der Waals surface area contributed by atoms with Gasteiger partial charge in [0.25, 0.3) is 0 Å². The molecule has 0 spiro atoms. The van der Waals surface area contributed by atoms with Crippen molar-refractivity contribution >= 4 is 54.4 Å². The second-order valence-corrected chi connectivity index (χ2v) is 17.2. The van der Waals surface area contributed by atoms with Crippen LogP contribution in [-0.4, -0.2) is 9.13 Å². The van der Waals surface area contributed by atoms with Crippen LogP contribution in [0, 0.1) is 0 Å². The summed E-state index contributed by atoms with van der Waals surface area (Å²) >= 11 is 0. The van der Waals surface area contributed by atoms with Gasteiger partial charge in [-0.25, -0.2) is 0 Å². The van der Waals surface area contributed by atoms with Gasteiger partial charge in [-0.2, -0.15) is 0 Å². The minimum Gasteiger partial charge on any atom is -0.309 e. The normalized spacial score (nSPS) is 14.9. The lowest BCUT2D eigenvalue weighted by Crippen LogP contribution is -2.33. The molecule has 0 N–H and O–H groups in total. The lowest BCUT2D eigenvalue weighted by molar-refractivity contribution is 0.332. The predicted molar refractivity (Wildman–Crippen MR) is 239 cm³/mol. The van der Waals surface area contributed by atoms with Gasteiger partial charge in [0, 0.05) is 32.9 Å². The van der Waals surface area contributed by atoms with Gasteiger partial charge in [-0.15, -0.1) is 0 Å². The Morgan fingerprint density at radius 1 is 0.375 bits per heavy atom. The highest BCUT2D eigenvalue weighted by Crippen LogP contribution is 2.49. The summed E-state index contributed by atoms with van der Waals surface area (Å²) in [4.78, 5) is 0. The number of hydrogen-bond donors (Lipinski definition) is 0. The van der Waals surface area contributed by atoms with E-state index in [1.54, 1.807) is 0 Å². The van der Waals surface area contributed by atoms with Gasteiger partial charge in [0.2, 0.25) is 0 Å². The van der Waals surface area contributed by atoms with Gasteiger partial charge in [0.05, 0.1) is 22.1 Å². The molecular weight excluding hydrogens is 677 g/mol. The molecule has 11 rings (SSSR count). The van der Waals surface area contributed by atoms with Gasteiger partial charge < -0.3 is 9.13 Å². The molecular formula is C54H44N2. The molecule has 0 saturated carbocycles. The molecule has 1 aliphatic rings. The van der Waals surface area contributed by atoms with Crippen LogP contribution < -0.4 is 0 Å². The van der Waals surface area contributed by atoms with Crippen LogP contribution in [0.3, 0.4) is 0 Å². The molecule has 8 aromatic carbocycles. The standard InChI is InChI=1S/C54H44N2/c1-53(2)28-29-54(3,4)47-34-51-43(31-46(47)53)44-32-50-45(33-49(44)55(51)38-20-9-6-10-21-38)52-42-25-12-11-18-36(42)26-27-48(52)56(50)39-22-15-19-37(30-39)41-24-14-13-23-40(41)35-16-7-5-8-17-35/h5-27,30-34H,28-29H2,1-4H3.